The molecule has 3 heterocycles. The number of ether oxygens (including phenoxy) is 1. The molecule has 0 unspecified atom stereocenters. The topological polar surface area (TPSA) is 33.5 Å². The van der Waals surface area contributed by atoms with Gasteiger partial charge in [-0.25, -0.2) is 0 Å². The van der Waals surface area contributed by atoms with E-state index in [1.54, 1.807) is 0 Å². The van der Waals surface area contributed by atoms with Crippen molar-refractivity contribution in [2.75, 3.05) is 26.2 Å². The zero-order valence-corrected chi connectivity index (χ0v) is 13.6. The minimum Gasteiger partial charge on any atom is -0.374 e. The van der Waals surface area contributed by atoms with Crippen molar-refractivity contribution in [1.82, 2.24) is 19.6 Å². The monoisotopic (exact) mass is 312 g/mol. The Kier molecular flexibility index (Phi) is 4.16. The molecule has 2 fully saturated rings. The van der Waals surface area contributed by atoms with E-state index in [1.807, 2.05) is 17.9 Å². The first-order chi connectivity index (χ1) is 11.3. The number of hydrogen-bond acceptors (Lipinski definition) is 4. The molecule has 4 rings (SSSR count). The second-order valence-corrected chi connectivity index (χ2v) is 6.65. The van der Waals surface area contributed by atoms with E-state index >= 15 is 0 Å². The lowest BCUT2D eigenvalue weighted by atomic mass is 10.1. The standard InChI is InChI=1S/C18H24N4O/c1-20-10-16(9-19-20)11-21-13-17-18(14-21)23-8-7-22(17)12-15-5-3-2-4-6-15/h2-6,9-10,17-18H,7-8,11-14H2,1H3/t17-,18-/m1/s1. The smallest absolute Gasteiger partial charge is 0.0870 e. The number of likely N-dealkylation sites (tertiary alicyclic amines) is 1. The van der Waals surface area contributed by atoms with E-state index in [9.17, 15) is 0 Å². The Bertz CT molecular complexity index is 641. The van der Waals surface area contributed by atoms with Crippen LogP contribution in [-0.4, -0.2) is 58.0 Å². The lowest BCUT2D eigenvalue weighted by Gasteiger charge is -2.37. The number of morpholine rings is 1. The van der Waals surface area contributed by atoms with Gasteiger partial charge in [0.25, 0.3) is 0 Å². The molecule has 0 amide bonds. The van der Waals surface area contributed by atoms with E-state index in [1.165, 1.54) is 11.1 Å². The van der Waals surface area contributed by atoms with Gasteiger partial charge in [-0.2, -0.15) is 5.10 Å². The lowest BCUT2D eigenvalue weighted by molar-refractivity contribution is -0.0504. The van der Waals surface area contributed by atoms with Gasteiger partial charge in [-0.1, -0.05) is 30.3 Å². The van der Waals surface area contributed by atoms with Gasteiger partial charge in [0, 0.05) is 51.5 Å². The van der Waals surface area contributed by atoms with Gasteiger partial charge in [-0.3, -0.25) is 14.5 Å². The largest absolute Gasteiger partial charge is 0.374 e. The van der Waals surface area contributed by atoms with Crippen LogP contribution >= 0.6 is 0 Å². The molecule has 2 aromatic rings. The van der Waals surface area contributed by atoms with Crippen LogP contribution in [0.2, 0.25) is 0 Å². The predicted molar refractivity (Wildman–Crippen MR) is 88.9 cm³/mol. The number of aryl methyl sites for hydroxylation is 1. The van der Waals surface area contributed by atoms with E-state index in [0.717, 1.165) is 39.3 Å². The molecule has 5 heteroatoms. The maximum absolute atomic E-state index is 6.04. The van der Waals surface area contributed by atoms with Gasteiger partial charge in [0.1, 0.15) is 0 Å². The highest BCUT2D eigenvalue weighted by Crippen LogP contribution is 2.25. The lowest BCUT2D eigenvalue weighted by Crippen LogP contribution is -2.50. The molecular weight excluding hydrogens is 288 g/mol. The van der Waals surface area contributed by atoms with Crippen LogP contribution in [-0.2, 0) is 24.9 Å². The van der Waals surface area contributed by atoms with Crippen LogP contribution in [0.3, 0.4) is 0 Å². The van der Waals surface area contributed by atoms with Crippen molar-refractivity contribution in [3.63, 3.8) is 0 Å². The van der Waals surface area contributed by atoms with Crippen LogP contribution in [0.1, 0.15) is 11.1 Å². The Hall–Kier alpha value is -1.69. The Morgan fingerprint density at radius 3 is 2.78 bits per heavy atom. The van der Waals surface area contributed by atoms with Crippen molar-refractivity contribution in [2.45, 2.75) is 25.2 Å². The molecular formula is C18H24N4O. The maximum atomic E-state index is 6.04. The minimum atomic E-state index is 0.337. The molecule has 0 spiro atoms. The average molecular weight is 312 g/mol. The third kappa shape index (κ3) is 3.32. The maximum Gasteiger partial charge on any atom is 0.0870 e. The SMILES string of the molecule is Cn1cc(CN2C[C@@H]3[C@@H](C2)OCCN3Cc2ccccc2)cn1. The summed E-state index contributed by atoms with van der Waals surface area (Å²) in [5.41, 5.74) is 2.67. The fourth-order valence-corrected chi connectivity index (χ4v) is 3.79. The molecule has 1 aromatic carbocycles. The van der Waals surface area contributed by atoms with E-state index in [2.05, 4.69) is 51.4 Å². The van der Waals surface area contributed by atoms with Crippen molar-refractivity contribution in [3.05, 3.63) is 53.9 Å². The third-order valence-corrected chi connectivity index (χ3v) is 4.89. The molecule has 5 nitrogen and oxygen atoms in total. The van der Waals surface area contributed by atoms with E-state index in [-0.39, 0.29) is 0 Å². The summed E-state index contributed by atoms with van der Waals surface area (Å²) in [4.78, 5) is 5.09. The summed E-state index contributed by atoms with van der Waals surface area (Å²) < 4.78 is 7.91. The molecule has 2 saturated heterocycles. The number of rotatable bonds is 4. The molecule has 0 bridgehead atoms. The van der Waals surface area contributed by atoms with Gasteiger partial charge in [0.2, 0.25) is 0 Å². The first-order valence-electron chi connectivity index (χ1n) is 8.37. The Morgan fingerprint density at radius 1 is 1.13 bits per heavy atom. The second-order valence-electron chi connectivity index (χ2n) is 6.65. The molecule has 0 saturated carbocycles. The van der Waals surface area contributed by atoms with Crippen LogP contribution in [0.15, 0.2) is 42.7 Å². The van der Waals surface area contributed by atoms with E-state index in [0.29, 0.717) is 12.1 Å². The zero-order chi connectivity index (χ0) is 15.6. The molecule has 0 aliphatic carbocycles. The van der Waals surface area contributed by atoms with Crippen LogP contribution in [0.4, 0.5) is 0 Å². The highest BCUT2D eigenvalue weighted by Gasteiger charge is 2.39. The number of hydrogen-bond donors (Lipinski definition) is 0. The zero-order valence-electron chi connectivity index (χ0n) is 13.6. The van der Waals surface area contributed by atoms with Gasteiger partial charge in [-0.15, -0.1) is 0 Å². The second kappa shape index (κ2) is 6.43. The van der Waals surface area contributed by atoms with Crippen LogP contribution < -0.4 is 0 Å². The fraction of sp³-hybridized carbons (Fsp3) is 0.500. The quantitative estimate of drug-likeness (QED) is 0.857. The fourth-order valence-electron chi connectivity index (χ4n) is 3.79. The number of nitrogens with zero attached hydrogens (tertiary/aromatic N) is 4. The van der Waals surface area contributed by atoms with Crippen molar-refractivity contribution >= 4 is 0 Å². The van der Waals surface area contributed by atoms with Gasteiger partial charge < -0.3 is 4.74 Å². The van der Waals surface area contributed by atoms with Crippen LogP contribution in [0, 0.1) is 0 Å². The third-order valence-electron chi connectivity index (χ3n) is 4.89. The Balaban J connectivity index is 1.42. The van der Waals surface area contributed by atoms with Crippen molar-refractivity contribution < 1.29 is 4.74 Å². The molecule has 2 atom stereocenters. The minimum absolute atomic E-state index is 0.337. The van der Waals surface area contributed by atoms with E-state index in [4.69, 9.17) is 4.74 Å². The van der Waals surface area contributed by atoms with Gasteiger partial charge in [0.05, 0.1) is 24.9 Å². The van der Waals surface area contributed by atoms with Crippen molar-refractivity contribution in [1.29, 1.82) is 0 Å². The highest BCUT2D eigenvalue weighted by atomic mass is 16.5. The van der Waals surface area contributed by atoms with Crippen LogP contribution in [0.25, 0.3) is 0 Å². The van der Waals surface area contributed by atoms with Gasteiger partial charge in [0.15, 0.2) is 0 Å². The molecule has 2 aliphatic heterocycles. The summed E-state index contributed by atoms with van der Waals surface area (Å²) in [5, 5.41) is 4.27. The first-order valence-corrected chi connectivity index (χ1v) is 8.37. The molecule has 23 heavy (non-hydrogen) atoms. The molecule has 0 N–H and O–H groups in total. The highest BCUT2D eigenvalue weighted by molar-refractivity contribution is 5.15. The number of benzene rings is 1. The average Bonchev–Trinajstić information content (AvgIpc) is 3.15. The molecule has 2 aliphatic rings. The van der Waals surface area contributed by atoms with Crippen molar-refractivity contribution in [3.8, 4) is 0 Å². The summed E-state index contributed by atoms with van der Waals surface area (Å²) >= 11 is 0. The Labute approximate surface area is 137 Å². The Morgan fingerprint density at radius 2 is 2.00 bits per heavy atom. The summed E-state index contributed by atoms with van der Waals surface area (Å²) in [6.07, 6.45) is 4.40. The molecule has 1 aromatic heterocycles. The summed E-state index contributed by atoms with van der Waals surface area (Å²) in [6, 6.07) is 11.3. The summed E-state index contributed by atoms with van der Waals surface area (Å²) in [7, 11) is 1.97. The number of fused-ring (bicyclic) bond motifs is 1. The summed E-state index contributed by atoms with van der Waals surface area (Å²) in [5.74, 6) is 0. The van der Waals surface area contributed by atoms with Crippen LogP contribution in [0.5, 0.6) is 0 Å². The first kappa shape index (κ1) is 14.9. The molecule has 122 valence electrons. The predicted octanol–water partition coefficient (Wildman–Crippen LogP) is 1.51. The molecule has 0 radical (unpaired) electrons. The number of aromatic nitrogens is 2. The summed E-state index contributed by atoms with van der Waals surface area (Å²) in [6.45, 7) is 5.94. The van der Waals surface area contributed by atoms with E-state index < -0.39 is 0 Å². The van der Waals surface area contributed by atoms with Gasteiger partial charge >= 0.3 is 0 Å². The normalized spacial score (nSPS) is 25.6. The van der Waals surface area contributed by atoms with Crippen molar-refractivity contribution in [2.24, 2.45) is 7.05 Å². The van der Waals surface area contributed by atoms with Gasteiger partial charge in [-0.05, 0) is 5.56 Å².